The molecule has 1 unspecified atom stereocenters. The van der Waals surface area contributed by atoms with Crippen LogP contribution in [0.25, 0.3) is 0 Å². The predicted molar refractivity (Wildman–Crippen MR) is 86.7 cm³/mol. The summed E-state index contributed by atoms with van der Waals surface area (Å²) in [4.78, 5) is 0. The molecular formula is C17H20O3Si. The van der Waals surface area contributed by atoms with Gasteiger partial charge in [-0.1, -0.05) is 42.5 Å². The molecule has 0 aliphatic heterocycles. The molecule has 0 aliphatic carbocycles. The first-order valence-corrected chi connectivity index (χ1v) is 8.39. The minimum atomic E-state index is -2.32. The minimum Gasteiger partial charge on any atom is -0.494 e. The molecule has 0 N–H and O–H groups in total. The first-order valence-electron chi connectivity index (χ1n) is 6.97. The van der Waals surface area contributed by atoms with Crippen LogP contribution in [-0.2, 0) is 4.43 Å². The molecule has 2 rings (SSSR count). The summed E-state index contributed by atoms with van der Waals surface area (Å²) < 4.78 is 17.7. The second kappa shape index (κ2) is 8.29. The smallest absolute Gasteiger partial charge is 0.494 e. The van der Waals surface area contributed by atoms with E-state index in [2.05, 4.69) is 6.58 Å². The average Bonchev–Trinajstić information content (AvgIpc) is 2.49. The van der Waals surface area contributed by atoms with E-state index in [9.17, 15) is 0 Å². The van der Waals surface area contributed by atoms with Crippen molar-refractivity contribution in [2.24, 2.45) is 0 Å². The van der Waals surface area contributed by atoms with Crippen molar-refractivity contribution >= 4 is 9.53 Å². The first-order chi connectivity index (χ1) is 10.3. The summed E-state index contributed by atoms with van der Waals surface area (Å²) >= 11 is 0. The van der Waals surface area contributed by atoms with Crippen molar-refractivity contribution in [2.45, 2.75) is 19.4 Å². The van der Waals surface area contributed by atoms with E-state index in [4.69, 9.17) is 13.3 Å². The van der Waals surface area contributed by atoms with E-state index in [0.29, 0.717) is 0 Å². The SMILES string of the molecule is C=CCC(C)O[SiH](Oc1ccccc1)Oc1ccccc1. The molecule has 0 amide bonds. The summed E-state index contributed by atoms with van der Waals surface area (Å²) in [6, 6.07) is 19.2. The average molecular weight is 300 g/mol. The lowest BCUT2D eigenvalue weighted by molar-refractivity contribution is 0.144. The molecule has 2 aromatic carbocycles. The summed E-state index contributed by atoms with van der Waals surface area (Å²) in [7, 11) is -2.32. The molecule has 2 aromatic rings. The second-order valence-electron chi connectivity index (χ2n) is 4.62. The fraction of sp³-hybridized carbons (Fsp3) is 0.176. The van der Waals surface area contributed by atoms with Gasteiger partial charge in [-0.25, -0.2) is 0 Å². The number of rotatable bonds is 8. The van der Waals surface area contributed by atoms with Gasteiger partial charge < -0.3 is 13.3 Å². The lowest BCUT2D eigenvalue weighted by atomic mass is 10.3. The van der Waals surface area contributed by atoms with Crippen molar-refractivity contribution in [3.63, 3.8) is 0 Å². The normalized spacial score (nSPS) is 11.9. The molecular weight excluding hydrogens is 280 g/mol. The van der Waals surface area contributed by atoms with Crippen LogP contribution in [-0.4, -0.2) is 15.6 Å². The van der Waals surface area contributed by atoms with E-state index < -0.39 is 9.53 Å². The number of hydrogen-bond acceptors (Lipinski definition) is 3. The van der Waals surface area contributed by atoms with Gasteiger partial charge in [-0.3, -0.25) is 0 Å². The summed E-state index contributed by atoms with van der Waals surface area (Å²) in [6.45, 7) is 5.72. The maximum absolute atomic E-state index is 5.92. The van der Waals surface area contributed by atoms with Crippen LogP contribution in [0.4, 0.5) is 0 Å². The molecule has 0 fully saturated rings. The van der Waals surface area contributed by atoms with Gasteiger partial charge in [-0.05, 0) is 37.6 Å². The molecule has 110 valence electrons. The van der Waals surface area contributed by atoms with Gasteiger partial charge in [-0.2, -0.15) is 0 Å². The van der Waals surface area contributed by atoms with E-state index in [1.165, 1.54) is 0 Å². The Balaban J connectivity index is 2.04. The van der Waals surface area contributed by atoms with Crippen LogP contribution in [0.3, 0.4) is 0 Å². The molecule has 3 nitrogen and oxygen atoms in total. The highest BCUT2D eigenvalue weighted by atomic mass is 28.3. The van der Waals surface area contributed by atoms with E-state index >= 15 is 0 Å². The van der Waals surface area contributed by atoms with Gasteiger partial charge >= 0.3 is 9.53 Å². The fourth-order valence-corrected chi connectivity index (χ4v) is 3.19. The quantitative estimate of drug-likeness (QED) is 0.547. The Morgan fingerprint density at radius 3 is 1.86 bits per heavy atom. The molecule has 1 atom stereocenters. The molecule has 0 saturated heterocycles. The van der Waals surface area contributed by atoms with Crippen LogP contribution < -0.4 is 8.85 Å². The van der Waals surface area contributed by atoms with E-state index in [1.54, 1.807) is 0 Å². The molecule has 0 heterocycles. The van der Waals surface area contributed by atoms with Gasteiger partial charge in [0.15, 0.2) is 0 Å². The number of para-hydroxylation sites is 2. The lowest BCUT2D eigenvalue weighted by Crippen LogP contribution is -2.36. The molecule has 0 saturated carbocycles. The molecule has 0 aromatic heterocycles. The number of benzene rings is 2. The van der Waals surface area contributed by atoms with Gasteiger partial charge in [-0.15, -0.1) is 6.58 Å². The lowest BCUT2D eigenvalue weighted by Gasteiger charge is -2.21. The zero-order valence-corrected chi connectivity index (χ0v) is 13.3. The zero-order valence-electron chi connectivity index (χ0n) is 12.1. The van der Waals surface area contributed by atoms with E-state index in [0.717, 1.165) is 17.9 Å². The van der Waals surface area contributed by atoms with Crippen molar-refractivity contribution in [3.05, 3.63) is 73.3 Å². The highest BCUT2D eigenvalue weighted by Crippen LogP contribution is 2.16. The third kappa shape index (κ3) is 5.45. The Morgan fingerprint density at radius 2 is 1.43 bits per heavy atom. The monoisotopic (exact) mass is 300 g/mol. The van der Waals surface area contributed by atoms with Gasteiger partial charge in [0.1, 0.15) is 11.5 Å². The summed E-state index contributed by atoms with van der Waals surface area (Å²) in [5, 5.41) is 0. The standard InChI is InChI=1S/C17H20O3Si/c1-3-10-15(2)18-21(19-16-11-6-4-7-12-16)20-17-13-8-5-9-14-17/h3-9,11-15,21H,1,10H2,2H3. The summed E-state index contributed by atoms with van der Waals surface area (Å²) in [5.41, 5.74) is 0. The van der Waals surface area contributed by atoms with Crippen molar-refractivity contribution < 1.29 is 13.3 Å². The fourth-order valence-electron chi connectivity index (χ4n) is 1.78. The molecule has 4 heteroatoms. The van der Waals surface area contributed by atoms with Gasteiger partial charge in [0.25, 0.3) is 0 Å². The van der Waals surface area contributed by atoms with Crippen LogP contribution >= 0.6 is 0 Å². The first kappa shape index (κ1) is 15.3. The van der Waals surface area contributed by atoms with Gasteiger partial charge in [0, 0.05) is 0 Å². The highest BCUT2D eigenvalue weighted by molar-refractivity contribution is 6.38. The summed E-state index contributed by atoms with van der Waals surface area (Å²) in [6.07, 6.45) is 2.62. The Labute approximate surface area is 127 Å². The maximum Gasteiger partial charge on any atom is 0.616 e. The Bertz CT molecular complexity index is 489. The van der Waals surface area contributed by atoms with Gasteiger partial charge in [0.05, 0.1) is 6.10 Å². The Hall–Kier alpha value is -2.04. The predicted octanol–water partition coefficient (Wildman–Crippen LogP) is 3.84. The van der Waals surface area contributed by atoms with E-state index in [-0.39, 0.29) is 6.10 Å². The van der Waals surface area contributed by atoms with Crippen molar-refractivity contribution in [1.82, 2.24) is 0 Å². The molecule has 21 heavy (non-hydrogen) atoms. The van der Waals surface area contributed by atoms with Crippen molar-refractivity contribution in [3.8, 4) is 11.5 Å². The maximum atomic E-state index is 5.92. The van der Waals surface area contributed by atoms with Gasteiger partial charge in [0.2, 0.25) is 0 Å². The van der Waals surface area contributed by atoms with Crippen molar-refractivity contribution in [2.75, 3.05) is 0 Å². The molecule has 0 radical (unpaired) electrons. The van der Waals surface area contributed by atoms with E-state index in [1.807, 2.05) is 73.7 Å². The number of hydrogen-bond donors (Lipinski definition) is 0. The summed E-state index contributed by atoms with van der Waals surface area (Å²) in [5.74, 6) is 1.52. The van der Waals surface area contributed by atoms with Crippen LogP contribution in [0.1, 0.15) is 13.3 Å². The van der Waals surface area contributed by atoms with Crippen LogP contribution in [0.5, 0.6) is 11.5 Å². The molecule has 0 aliphatic rings. The Kier molecular flexibility index (Phi) is 6.06. The third-order valence-electron chi connectivity index (χ3n) is 2.79. The van der Waals surface area contributed by atoms with Crippen LogP contribution in [0.15, 0.2) is 73.3 Å². The van der Waals surface area contributed by atoms with Crippen LogP contribution in [0, 0.1) is 0 Å². The van der Waals surface area contributed by atoms with Crippen molar-refractivity contribution in [1.29, 1.82) is 0 Å². The largest absolute Gasteiger partial charge is 0.616 e. The Morgan fingerprint density at radius 1 is 0.952 bits per heavy atom. The highest BCUT2D eigenvalue weighted by Gasteiger charge is 2.22. The second-order valence-corrected chi connectivity index (χ2v) is 5.94. The molecule has 0 bridgehead atoms. The minimum absolute atomic E-state index is 0.0200. The molecule has 0 spiro atoms. The third-order valence-corrected chi connectivity index (χ3v) is 4.41. The van der Waals surface area contributed by atoms with Crippen LogP contribution in [0.2, 0.25) is 0 Å². The zero-order chi connectivity index (χ0) is 14.9. The topological polar surface area (TPSA) is 27.7 Å².